The number of hydrogen-bond acceptors (Lipinski definition) is 6. The van der Waals surface area contributed by atoms with Crippen molar-refractivity contribution >= 4 is 18.2 Å². The Morgan fingerprint density at radius 3 is 2.46 bits per heavy atom. The molecule has 154 valence electrons. The number of ether oxygens (including phenoxy) is 3. The summed E-state index contributed by atoms with van der Waals surface area (Å²) in [7, 11) is 1.25. The molecule has 1 aliphatic heterocycles. The van der Waals surface area contributed by atoms with Crippen molar-refractivity contribution in [2.45, 2.75) is 51.4 Å². The fourth-order valence-electron chi connectivity index (χ4n) is 3.13. The molecule has 0 bridgehead atoms. The zero-order valence-electron chi connectivity index (χ0n) is 16.8. The highest BCUT2D eigenvalue weighted by atomic mass is 16.6. The van der Waals surface area contributed by atoms with E-state index in [0.29, 0.717) is 19.4 Å². The van der Waals surface area contributed by atoms with E-state index in [2.05, 4.69) is 5.32 Å². The molecule has 28 heavy (non-hydrogen) atoms. The SMILES string of the molecule is COC(=O)[C@]1(CNC(=O)OC(C)(C)C)CCCN1C(=O)OCc1ccccc1. The molecule has 0 spiro atoms. The molecule has 1 heterocycles. The summed E-state index contributed by atoms with van der Waals surface area (Å²) >= 11 is 0. The van der Waals surface area contributed by atoms with Crippen LogP contribution in [0.1, 0.15) is 39.2 Å². The molecule has 0 radical (unpaired) electrons. The molecule has 1 aromatic rings. The third kappa shape index (κ3) is 5.37. The van der Waals surface area contributed by atoms with Crippen LogP contribution in [0.5, 0.6) is 0 Å². The second kappa shape index (κ2) is 8.95. The molecule has 2 rings (SSSR count). The summed E-state index contributed by atoms with van der Waals surface area (Å²) in [6, 6.07) is 9.26. The van der Waals surface area contributed by atoms with E-state index >= 15 is 0 Å². The summed E-state index contributed by atoms with van der Waals surface area (Å²) in [5.41, 5.74) is -1.16. The van der Waals surface area contributed by atoms with Crippen LogP contribution in [0.2, 0.25) is 0 Å². The lowest BCUT2D eigenvalue weighted by molar-refractivity contribution is -0.152. The van der Waals surface area contributed by atoms with Crippen molar-refractivity contribution in [2.24, 2.45) is 0 Å². The molecule has 1 aliphatic rings. The number of alkyl carbamates (subject to hydrolysis) is 1. The Morgan fingerprint density at radius 2 is 1.86 bits per heavy atom. The highest BCUT2D eigenvalue weighted by Crippen LogP contribution is 2.31. The van der Waals surface area contributed by atoms with Gasteiger partial charge in [-0.1, -0.05) is 30.3 Å². The van der Waals surface area contributed by atoms with Crippen LogP contribution >= 0.6 is 0 Å². The number of likely N-dealkylation sites (tertiary alicyclic amines) is 1. The summed E-state index contributed by atoms with van der Waals surface area (Å²) in [4.78, 5) is 38.6. The monoisotopic (exact) mass is 392 g/mol. The minimum atomic E-state index is -1.32. The van der Waals surface area contributed by atoms with Crippen molar-refractivity contribution in [1.29, 1.82) is 0 Å². The van der Waals surface area contributed by atoms with Gasteiger partial charge < -0.3 is 19.5 Å². The van der Waals surface area contributed by atoms with Crippen molar-refractivity contribution in [3.63, 3.8) is 0 Å². The molecule has 0 saturated carbocycles. The van der Waals surface area contributed by atoms with Crippen LogP contribution in [-0.2, 0) is 25.6 Å². The Bertz CT molecular complexity index is 700. The van der Waals surface area contributed by atoms with Crippen LogP contribution in [0.15, 0.2) is 30.3 Å². The third-order valence-electron chi connectivity index (χ3n) is 4.40. The van der Waals surface area contributed by atoms with Gasteiger partial charge >= 0.3 is 18.2 Å². The number of hydrogen-bond donors (Lipinski definition) is 1. The molecule has 1 aromatic carbocycles. The summed E-state index contributed by atoms with van der Waals surface area (Å²) in [6.07, 6.45) is -0.348. The standard InChI is InChI=1S/C20H28N2O6/c1-19(2,3)28-17(24)21-14-20(16(23)26-4)11-8-12-22(20)18(25)27-13-15-9-6-5-7-10-15/h5-7,9-10H,8,11-14H2,1-4H3,(H,21,24)/t20-/m1/s1. The molecule has 8 nitrogen and oxygen atoms in total. The predicted molar refractivity (Wildman–Crippen MR) is 102 cm³/mol. The second-order valence-corrected chi connectivity index (χ2v) is 7.67. The van der Waals surface area contributed by atoms with Gasteiger partial charge in [-0.05, 0) is 39.2 Å². The first-order valence-electron chi connectivity index (χ1n) is 9.21. The number of nitrogens with zero attached hydrogens (tertiary/aromatic N) is 1. The maximum Gasteiger partial charge on any atom is 0.411 e. The number of methoxy groups -OCH3 is 1. The van der Waals surface area contributed by atoms with E-state index in [4.69, 9.17) is 14.2 Å². The van der Waals surface area contributed by atoms with E-state index in [1.165, 1.54) is 12.0 Å². The van der Waals surface area contributed by atoms with Gasteiger partial charge in [0, 0.05) is 6.54 Å². The Balaban J connectivity index is 2.09. The lowest BCUT2D eigenvalue weighted by atomic mass is 9.96. The Kier molecular flexibility index (Phi) is 6.88. The van der Waals surface area contributed by atoms with Crippen molar-refractivity contribution < 1.29 is 28.6 Å². The van der Waals surface area contributed by atoms with Gasteiger partial charge in [0.2, 0.25) is 0 Å². The van der Waals surface area contributed by atoms with Crippen molar-refractivity contribution in [1.82, 2.24) is 10.2 Å². The fraction of sp³-hybridized carbons (Fsp3) is 0.550. The first-order chi connectivity index (χ1) is 13.2. The van der Waals surface area contributed by atoms with Crippen molar-refractivity contribution in [2.75, 3.05) is 20.2 Å². The maximum atomic E-state index is 12.7. The number of carbonyl (C=O) groups is 3. The van der Waals surface area contributed by atoms with E-state index < -0.39 is 29.3 Å². The Morgan fingerprint density at radius 1 is 1.18 bits per heavy atom. The smallest absolute Gasteiger partial charge is 0.411 e. The number of nitrogens with one attached hydrogen (secondary N) is 1. The van der Waals surface area contributed by atoms with E-state index in [0.717, 1.165) is 5.56 Å². The minimum Gasteiger partial charge on any atom is -0.467 e. The summed E-state index contributed by atoms with van der Waals surface area (Å²) in [6.45, 7) is 5.53. The molecular weight excluding hydrogens is 364 g/mol. The first kappa shape index (κ1) is 21.5. The van der Waals surface area contributed by atoms with Gasteiger partial charge in [0.25, 0.3) is 0 Å². The second-order valence-electron chi connectivity index (χ2n) is 7.67. The van der Waals surface area contributed by atoms with E-state index in [9.17, 15) is 14.4 Å². The molecule has 2 amide bonds. The number of carbonyl (C=O) groups excluding carboxylic acids is 3. The van der Waals surface area contributed by atoms with Crippen molar-refractivity contribution in [3.05, 3.63) is 35.9 Å². The van der Waals surface area contributed by atoms with Crippen LogP contribution in [0.25, 0.3) is 0 Å². The van der Waals surface area contributed by atoms with Crippen LogP contribution in [0.4, 0.5) is 9.59 Å². The lowest BCUT2D eigenvalue weighted by Gasteiger charge is -2.35. The topological polar surface area (TPSA) is 94.2 Å². The third-order valence-corrected chi connectivity index (χ3v) is 4.40. The number of rotatable bonds is 5. The van der Waals surface area contributed by atoms with Gasteiger partial charge in [-0.2, -0.15) is 0 Å². The van der Waals surface area contributed by atoms with Crippen LogP contribution in [-0.4, -0.2) is 54.4 Å². The van der Waals surface area contributed by atoms with Gasteiger partial charge in [0.15, 0.2) is 5.54 Å². The predicted octanol–water partition coefficient (Wildman–Crippen LogP) is 2.86. The molecule has 1 saturated heterocycles. The van der Waals surface area contributed by atoms with Gasteiger partial charge in [0.1, 0.15) is 12.2 Å². The number of esters is 1. The fourth-order valence-corrected chi connectivity index (χ4v) is 3.13. The summed E-state index contributed by atoms with van der Waals surface area (Å²) in [5.74, 6) is -0.599. The van der Waals surface area contributed by atoms with Gasteiger partial charge in [-0.25, -0.2) is 14.4 Å². The molecule has 1 N–H and O–H groups in total. The molecule has 1 atom stereocenters. The average molecular weight is 392 g/mol. The van der Waals surface area contributed by atoms with Crippen molar-refractivity contribution in [3.8, 4) is 0 Å². The highest BCUT2D eigenvalue weighted by molar-refractivity contribution is 5.87. The zero-order chi connectivity index (χ0) is 20.8. The van der Waals surface area contributed by atoms with E-state index in [1.807, 2.05) is 30.3 Å². The minimum absolute atomic E-state index is 0.0902. The molecular formula is C20H28N2O6. The zero-order valence-corrected chi connectivity index (χ0v) is 16.8. The normalized spacial score (nSPS) is 19.1. The number of amides is 2. The molecule has 8 heteroatoms. The summed E-state index contributed by atoms with van der Waals surface area (Å²) in [5, 5.41) is 2.58. The highest BCUT2D eigenvalue weighted by Gasteiger charge is 2.52. The number of benzene rings is 1. The molecule has 0 unspecified atom stereocenters. The summed E-state index contributed by atoms with van der Waals surface area (Å²) < 4.78 is 15.5. The quantitative estimate of drug-likeness (QED) is 0.612. The molecule has 1 fully saturated rings. The van der Waals surface area contributed by atoms with Crippen LogP contribution in [0.3, 0.4) is 0 Å². The van der Waals surface area contributed by atoms with E-state index in [-0.39, 0.29) is 13.2 Å². The first-order valence-corrected chi connectivity index (χ1v) is 9.21. The van der Waals surface area contributed by atoms with Gasteiger partial charge in [0.05, 0.1) is 13.7 Å². The Hall–Kier alpha value is -2.77. The van der Waals surface area contributed by atoms with E-state index in [1.54, 1.807) is 20.8 Å². The van der Waals surface area contributed by atoms with Gasteiger partial charge in [-0.3, -0.25) is 4.90 Å². The van der Waals surface area contributed by atoms with Crippen LogP contribution < -0.4 is 5.32 Å². The van der Waals surface area contributed by atoms with Gasteiger partial charge in [-0.15, -0.1) is 0 Å². The maximum absolute atomic E-state index is 12.7. The lowest BCUT2D eigenvalue weighted by Crippen LogP contribution is -2.60. The molecule has 0 aromatic heterocycles. The Labute approximate surface area is 165 Å². The molecule has 0 aliphatic carbocycles. The average Bonchev–Trinajstić information content (AvgIpc) is 3.08. The largest absolute Gasteiger partial charge is 0.467 e. The van der Waals surface area contributed by atoms with Crippen LogP contribution in [0, 0.1) is 0 Å².